The molecule has 0 radical (unpaired) electrons. The fourth-order valence-electron chi connectivity index (χ4n) is 1.99. The Morgan fingerprint density at radius 1 is 1.14 bits per heavy atom. The second kappa shape index (κ2) is 6.95. The Morgan fingerprint density at radius 3 is 2.36 bits per heavy atom. The van der Waals surface area contributed by atoms with Crippen LogP contribution in [0.2, 0.25) is 0 Å². The predicted octanol–water partition coefficient (Wildman–Crippen LogP) is 4.01. The number of benzene rings is 2. The maximum absolute atomic E-state index is 13.1. The third-order valence-electron chi connectivity index (χ3n) is 3.15. The van der Waals surface area contributed by atoms with Crippen molar-refractivity contribution in [3.05, 3.63) is 50.8 Å². The molecule has 0 aliphatic rings. The summed E-state index contributed by atoms with van der Waals surface area (Å²) in [7, 11) is 3.05. The van der Waals surface area contributed by atoms with E-state index < -0.39 is 0 Å². The monoisotopic (exact) mass is 415 g/mol. The largest absolute Gasteiger partial charge is 0.493 e. The van der Waals surface area contributed by atoms with Crippen molar-refractivity contribution in [3.63, 3.8) is 0 Å². The summed E-state index contributed by atoms with van der Waals surface area (Å²) in [5.74, 6) is 0.404. The Hall–Kier alpha value is -1.83. The normalized spacial score (nSPS) is 10.2. The third kappa shape index (κ3) is 3.49. The number of anilines is 1. The van der Waals surface area contributed by atoms with Crippen LogP contribution in [0.25, 0.3) is 0 Å². The molecule has 0 unspecified atom stereocenters. The topological polar surface area (TPSA) is 47.6 Å². The Morgan fingerprint density at radius 2 is 1.77 bits per heavy atom. The van der Waals surface area contributed by atoms with Crippen molar-refractivity contribution in [2.45, 2.75) is 6.92 Å². The molecule has 2 aromatic rings. The van der Waals surface area contributed by atoms with Gasteiger partial charge in [-0.1, -0.05) is 0 Å². The van der Waals surface area contributed by atoms with Gasteiger partial charge in [0.05, 0.1) is 19.8 Å². The van der Waals surface area contributed by atoms with Gasteiger partial charge in [0.1, 0.15) is 5.82 Å². The molecule has 1 amide bonds. The number of aryl methyl sites for hydroxylation is 1. The molecule has 0 aliphatic carbocycles. The fraction of sp³-hybridized carbons (Fsp3) is 0.188. The molecule has 2 rings (SSSR count). The van der Waals surface area contributed by atoms with E-state index in [4.69, 9.17) is 9.47 Å². The molecular weight excluding hydrogens is 400 g/mol. The number of carbonyl (C=O) groups is 1. The van der Waals surface area contributed by atoms with Crippen LogP contribution in [0.15, 0.2) is 30.3 Å². The van der Waals surface area contributed by atoms with Crippen molar-refractivity contribution in [2.75, 3.05) is 19.5 Å². The van der Waals surface area contributed by atoms with Crippen LogP contribution in [0.3, 0.4) is 0 Å². The molecule has 1 N–H and O–H groups in total. The minimum absolute atomic E-state index is 0.292. The number of hydrogen-bond acceptors (Lipinski definition) is 3. The standard InChI is InChI=1S/C16H15FINO3/c1-9-6-10(17)4-5-13(9)19-16(20)11-7-14(21-2)15(22-3)8-12(11)18/h4-8H,1-3H3,(H,19,20). The molecule has 22 heavy (non-hydrogen) atoms. The number of carbonyl (C=O) groups excluding carboxylic acids is 1. The molecule has 0 spiro atoms. The van der Waals surface area contributed by atoms with Gasteiger partial charge in [-0.3, -0.25) is 4.79 Å². The van der Waals surface area contributed by atoms with Crippen LogP contribution in [0.1, 0.15) is 15.9 Å². The number of rotatable bonds is 4. The number of ether oxygens (including phenoxy) is 2. The first-order valence-corrected chi connectivity index (χ1v) is 7.53. The summed E-state index contributed by atoms with van der Waals surface area (Å²) in [4.78, 5) is 12.4. The van der Waals surface area contributed by atoms with Crippen LogP contribution in [0, 0.1) is 16.3 Å². The van der Waals surface area contributed by atoms with Crippen molar-refractivity contribution in [1.82, 2.24) is 0 Å². The Bertz CT molecular complexity index is 719. The van der Waals surface area contributed by atoms with Gasteiger partial charge in [-0.15, -0.1) is 0 Å². The lowest BCUT2D eigenvalue weighted by molar-refractivity contribution is 0.102. The van der Waals surface area contributed by atoms with E-state index in [1.165, 1.54) is 32.4 Å². The maximum Gasteiger partial charge on any atom is 0.256 e. The van der Waals surface area contributed by atoms with Gasteiger partial charge in [-0.25, -0.2) is 4.39 Å². The van der Waals surface area contributed by atoms with E-state index in [1.807, 2.05) is 0 Å². The van der Waals surface area contributed by atoms with Gasteiger partial charge in [0.2, 0.25) is 0 Å². The molecule has 0 saturated carbocycles. The summed E-state index contributed by atoms with van der Waals surface area (Å²) in [6.45, 7) is 1.73. The van der Waals surface area contributed by atoms with Crippen molar-refractivity contribution in [3.8, 4) is 11.5 Å². The lowest BCUT2D eigenvalue weighted by Gasteiger charge is -2.13. The molecular formula is C16H15FINO3. The highest BCUT2D eigenvalue weighted by Gasteiger charge is 2.16. The lowest BCUT2D eigenvalue weighted by atomic mass is 10.1. The number of methoxy groups -OCH3 is 2. The molecule has 0 aromatic heterocycles. The van der Waals surface area contributed by atoms with Gasteiger partial charge in [0, 0.05) is 9.26 Å². The Kier molecular flexibility index (Phi) is 5.23. The van der Waals surface area contributed by atoms with Crippen molar-refractivity contribution < 1.29 is 18.7 Å². The smallest absolute Gasteiger partial charge is 0.256 e. The number of hydrogen-bond donors (Lipinski definition) is 1. The molecule has 0 fully saturated rings. The van der Waals surface area contributed by atoms with E-state index in [9.17, 15) is 9.18 Å². The summed E-state index contributed by atoms with van der Waals surface area (Å²) in [6, 6.07) is 7.56. The summed E-state index contributed by atoms with van der Waals surface area (Å²) in [6.07, 6.45) is 0. The first-order chi connectivity index (χ1) is 10.5. The molecule has 0 atom stereocenters. The quantitative estimate of drug-likeness (QED) is 0.768. The second-order valence-electron chi connectivity index (χ2n) is 4.60. The highest BCUT2D eigenvalue weighted by molar-refractivity contribution is 14.1. The van der Waals surface area contributed by atoms with Crippen molar-refractivity contribution in [2.24, 2.45) is 0 Å². The van der Waals surface area contributed by atoms with Gasteiger partial charge in [-0.2, -0.15) is 0 Å². The number of amides is 1. The average molecular weight is 415 g/mol. The summed E-state index contributed by atoms with van der Waals surface area (Å²) >= 11 is 2.06. The Labute approximate surface area is 141 Å². The van der Waals surface area contributed by atoms with Crippen LogP contribution in [0.4, 0.5) is 10.1 Å². The average Bonchev–Trinajstić information content (AvgIpc) is 2.49. The van der Waals surface area contributed by atoms with Crippen LogP contribution >= 0.6 is 22.6 Å². The molecule has 0 heterocycles. The number of nitrogens with one attached hydrogen (secondary N) is 1. The highest BCUT2D eigenvalue weighted by atomic mass is 127. The van der Waals surface area contributed by atoms with Gasteiger partial charge in [0.15, 0.2) is 11.5 Å². The van der Waals surface area contributed by atoms with Crippen molar-refractivity contribution >= 4 is 34.2 Å². The molecule has 0 aliphatic heterocycles. The Balaban J connectivity index is 2.33. The fourth-order valence-corrected chi connectivity index (χ4v) is 2.67. The van der Waals surface area contributed by atoms with Gasteiger partial charge < -0.3 is 14.8 Å². The zero-order chi connectivity index (χ0) is 16.3. The van der Waals surface area contributed by atoms with E-state index >= 15 is 0 Å². The molecule has 0 saturated heterocycles. The number of halogens is 2. The molecule has 6 heteroatoms. The summed E-state index contributed by atoms with van der Waals surface area (Å²) in [5, 5.41) is 2.78. The highest BCUT2D eigenvalue weighted by Crippen LogP contribution is 2.31. The SMILES string of the molecule is COc1cc(I)c(C(=O)Nc2ccc(F)cc2C)cc1OC. The van der Waals surface area contributed by atoms with E-state index in [2.05, 4.69) is 27.9 Å². The molecule has 2 aromatic carbocycles. The van der Waals surface area contributed by atoms with E-state index in [1.54, 1.807) is 19.1 Å². The van der Waals surface area contributed by atoms with Crippen molar-refractivity contribution in [1.29, 1.82) is 0 Å². The zero-order valence-corrected chi connectivity index (χ0v) is 14.5. The summed E-state index contributed by atoms with van der Waals surface area (Å²) < 4.78 is 24.3. The lowest BCUT2D eigenvalue weighted by Crippen LogP contribution is -2.14. The second-order valence-corrected chi connectivity index (χ2v) is 5.76. The van der Waals surface area contributed by atoms with Crippen LogP contribution < -0.4 is 14.8 Å². The van der Waals surface area contributed by atoms with Gasteiger partial charge in [-0.05, 0) is 65.4 Å². The minimum Gasteiger partial charge on any atom is -0.493 e. The summed E-state index contributed by atoms with van der Waals surface area (Å²) in [5.41, 5.74) is 1.68. The minimum atomic E-state index is -0.337. The maximum atomic E-state index is 13.1. The zero-order valence-electron chi connectivity index (χ0n) is 12.4. The third-order valence-corrected chi connectivity index (χ3v) is 4.05. The van der Waals surface area contributed by atoms with Crippen LogP contribution in [-0.4, -0.2) is 20.1 Å². The molecule has 0 bridgehead atoms. The van der Waals surface area contributed by atoms with Crippen LogP contribution in [0.5, 0.6) is 11.5 Å². The molecule has 116 valence electrons. The van der Waals surface area contributed by atoms with Crippen LogP contribution in [-0.2, 0) is 0 Å². The van der Waals surface area contributed by atoms with Gasteiger partial charge in [0.25, 0.3) is 5.91 Å². The molecule has 4 nitrogen and oxygen atoms in total. The van der Waals surface area contributed by atoms with E-state index in [-0.39, 0.29) is 11.7 Å². The van der Waals surface area contributed by atoms with E-state index in [0.717, 1.165) is 3.57 Å². The first kappa shape index (κ1) is 16.5. The van der Waals surface area contributed by atoms with Gasteiger partial charge >= 0.3 is 0 Å². The predicted molar refractivity (Wildman–Crippen MR) is 91.4 cm³/mol. The first-order valence-electron chi connectivity index (χ1n) is 6.45. The van der Waals surface area contributed by atoms with E-state index in [0.29, 0.717) is 28.3 Å².